The lowest BCUT2D eigenvalue weighted by Crippen LogP contribution is -2.28. The summed E-state index contributed by atoms with van der Waals surface area (Å²) in [5.74, 6) is -1.82. The molecular formula is C21H19BrN2O3. The second-order valence-corrected chi connectivity index (χ2v) is 7.43. The quantitative estimate of drug-likeness (QED) is 0.706. The van der Waals surface area contributed by atoms with E-state index >= 15 is 0 Å². The zero-order chi connectivity index (χ0) is 19.6. The number of hydrogen-bond acceptors (Lipinski definition) is 3. The van der Waals surface area contributed by atoms with Crippen molar-refractivity contribution in [2.45, 2.75) is 20.3 Å². The first kappa shape index (κ1) is 19.0. The second kappa shape index (κ2) is 7.88. The fourth-order valence-corrected chi connectivity index (χ4v) is 3.16. The average molecular weight is 427 g/mol. The minimum atomic E-state index is -1.03. The van der Waals surface area contributed by atoms with Gasteiger partial charge in [0.15, 0.2) is 0 Å². The molecule has 1 aliphatic heterocycles. The van der Waals surface area contributed by atoms with Crippen molar-refractivity contribution in [3.05, 3.63) is 69.7 Å². The maximum atomic E-state index is 12.8. The van der Waals surface area contributed by atoms with Crippen LogP contribution in [0.15, 0.2) is 63.7 Å². The molecule has 1 aliphatic rings. The van der Waals surface area contributed by atoms with Crippen LogP contribution in [-0.2, 0) is 9.59 Å². The van der Waals surface area contributed by atoms with Gasteiger partial charge in [0.05, 0.1) is 11.6 Å². The van der Waals surface area contributed by atoms with Crippen LogP contribution in [-0.4, -0.2) is 22.7 Å². The Morgan fingerprint density at radius 1 is 1.15 bits per heavy atom. The fraction of sp³-hybridized carbons (Fsp3) is 0.190. The van der Waals surface area contributed by atoms with Gasteiger partial charge in [-0.05, 0) is 56.2 Å². The highest BCUT2D eigenvalue weighted by atomic mass is 79.9. The fourth-order valence-electron chi connectivity index (χ4n) is 2.90. The van der Waals surface area contributed by atoms with Crippen LogP contribution in [0, 0.1) is 12.8 Å². The molecule has 0 aliphatic carbocycles. The van der Waals surface area contributed by atoms with Gasteiger partial charge in [0, 0.05) is 15.8 Å². The van der Waals surface area contributed by atoms with Crippen molar-refractivity contribution in [1.82, 2.24) is 0 Å². The first-order chi connectivity index (χ1) is 12.8. The Kier molecular flexibility index (Phi) is 5.56. The molecule has 1 heterocycles. The van der Waals surface area contributed by atoms with Crippen molar-refractivity contribution in [1.29, 1.82) is 0 Å². The van der Waals surface area contributed by atoms with Gasteiger partial charge < -0.3 is 5.11 Å². The van der Waals surface area contributed by atoms with Crippen molar-refractivity contribution in [3.63, 3.8) is 0 Å². The Labute approximate surface area is 166 Å². The maximum Gasteiger partial charge on any atom is 0.331 e. The summed E-state index contributed by atoms with van der Waals surface area (Å²) in [4.78, 5) is 24.6. The summed E-state index contributed by atoms with van der Waals surface area (Å²) in [5.41, 5.74) is 3.33. The summed E-state index contributed by atoms with van der Waals surface area (Å²) in [6.07, 6.45) is 1.70. The van der Waals surface area contributed by atoms with E-state index in [4.69, 9.17) is 0 Å². The number of hydrazone groups is 1. The summed E-state index contributed by atoms with van der Waals surface area (Å²) < 4.78 is 0.916. The molecule has 27 heavy (non-hydrogen) atoms. The molecule has 1 N–H and O–H groups in total. The number of carboxylic acid groups (broad SMARTS) is 1. The number of carboxylic acids is 1. The molecule has 2 aromatic rings. The number of carbonyl (C=O) groups excluding carboxylic acids is 1. The van der Waals surface area contributed by atoms with Gasteiger partial charge in [0.1, 0.15) is 0 Å². The third-order valence-electron chi connectivity index (χ3n) is 4.46. The highest BCUT2D eigenvalue weighted by molar-refractivity contribution is 9.10. The standard InChI is InChI=1S/C21H19BrN2O3/c1-13-3-9-18(10-4-13)24-20(25)19(14(2)23-24)12-16(21(26)27)11-15-5-7-17(22)8-6-15/h3-11,19H,12H2,1-2H3,(H,26,27)/b16-11-. The first-order valence-electron chi connectivity index (χ1n) is 8.50. The number of amides is 1. The van der Waals surface area contributed by atoms with E-state index in [0.717, 1.165) is 15.6 Å². The van der Waals surface area contributed by atoms with Crippen LogP contribution in [0.4, 0.5) is 5.69 Å². The predicted molar refractivity (Wildman–Crippen MR) is 110 cm³/mol. The average Bonchev–Trinajstić information content (AvgIpc) is 2.91. The number of nitrogens with zero attached hydrogens (tertiary/aromatic N) is 2. The number of benzene rings is 2. The van der Waals surface area contributed by atoms with E-state index < -0.39 is 11.9 Å². The van der Waals surface area contributed by atoms with E-state index in [1.165, 1.54) is 5.01 Å². The van der Waals surface area contributed by atoms with Crippen LogP contribution in [0.3, 0.4) is 0 Å². The molecule has 138 valence electrons. The summed E-state index contributed by atoms with van der Waals surface area (Å²) in [7, 11) is 0. The monoisotopic (exact) mass is 426 g/mol. The van der Waals surface area contributed by atoms with Gasteiger partial charge in [0.2, 0.25) is 0 Å². The molecule has 3 rings (SSSR count). The Hall–Kier alpha value is -2.73. The minimum absolute atomic E-state index is 0.0991. The summed E-state index contributed by atoms with van der Waals surface area (Å²) in [5, 5.41) is 15.3. The van der Waals surface area contributed by atoms with E-state index in [1.807, 2.05) is 55.5 Å². The van der Waals surface area contributed by atoms with Crippen LogP contribution < -0.4 is 5.01 Å². The smallest absolute Gasteiger partial charge is 0.331 e. The Bertz CT molecular complexity index is 931. The lowest BCUT2D eigenvalue weighted by atomic mass is 9.94. The third kappa shape index (κ3) is 4.34. The number of aliphatic carboxylic acids is 1. The van der Waals surface area contributed by atoms with E-state index in [-0.39, 0.29) is 17.9 Å². The summed E-state index contributed by atoms with van der Waals surface area (Å²) in [6.45, 7) is 3.73. The van der Waals surface area contributed by atoms with Crippen molar-refractivity contribution in [3.8, 4) is 0 Å². The number of hydrogen-bond donors (Lipinski definition) is 1. The van der Waals surface area contributed by atoms with E-state index in [2.05, 4.69) is 21.0 Å². The molecule has 5 nitrogen and oxygen atoms in total. The molecule has 0 saturated heterocycles. The molecule has 1 amide bonds. The molecule has 0 aromatic heterocycles. The van der Waals surface area contributed by atoms with Crippen molar-refractivity contribution >= 4 is 45.3 Å². The zero-order valence-corrected chi connectivity index (χ0v) is 16.6. The molecule has 0 fully saturated rings. The number of aryl methyl sites for hydroxylation is 1. The molecule has 6 heteroatoms. The van der Waals surface area contributed by atoms with E-state index in [9.17, 15) is 14.7 Å². The number of anilines is 1. The minimum Gasteiger partial charge on any atom is -0.478 e. The van der Waals surface area contributed by atoms with Gasteiger partial charge in [-0.15, -0.1) is 0 Å². The molecule has 0 spiro atoms. The van der Waals surface area contributed by atoms with E-state index in [0.29, 0.717) is 11.4 Å². The Morgan fingerprint density at radius 3 is 2.37 bits per heavy atom. The van der Waals surface area contributed by atoms with Crippen LogP contribution in [0.25, 0.3) is 6.08 Å². The third-order valence-corrected chi connectivity index (χ3v) is 4.99. The Morgan fingerprint density at radius 2 is 1.78 bits per heavy atom. The molecule has 0 bridgehead atoms. The SMILES string of the molecule is CC1=NN(c2ccc(C)cc2)C(=O)C1C/C(=C/c1ccc(Br)cc1)C(=O)O. The van der Waals surface area contributed by atoms with Crippen LogP contribution in [0.1, 0.15) is 24.5 Å². The molecule has 0 radical (unpaired) electrons. The van der Waals surface area contributed by atoms with Crippen LogP contribution in [0.5, 0.6) is 0 Å². The highest BCUT2D eigenvalue weighted by Crippen LogP contribution is 2.28. The van der Waals surface area contributed by atoms with E-state index in [1.54, 1.807) is 13.0 Å². The van der Waals surface area contributed by atoms with Gasteiger partial charge >= 0.3 is 5.97 Å². The van der Waals surface area contributed by atoms with Gasteiger partial charge in [-0.25, -0.2) is 9.80 Å². The number of carbonyl (C=O) groups is 2. The molecule has 1 unspecified atom stereocenters. The Balaban J connectivity index is 1.83. The predicted octanol–water partition coefficient (Wildman–Crippen LogP) is 4.65. The highest BCUT2D eigenvalue weighted by Gasteiger charge is 2.35. The molecule has 0 saturated carbocycles. The van der Waals surface area contributed by atoms with Crippen LogP contribution in [0.2, 0.25) is 0 Å². The lowest BCUT2D eigenvalue weighted by Gasteiger charge is -2.15. The van der Waals surface area contributed by atoms with Crippen LogP contribution >= 0.6 is 15.9 Å². The topological polar surface area (TPSA) is 70.0 Å². The molecular weight excluding hydrogens is 408 g/mol. The van der Waals surface area contributed by atoms with Crippen molar-refractivity contribution in [2.24, 2.45) is 11.0 Å². The maximum absolute atomic E-state index is 12.8. The van der Waals surface area contributed by atoms with Gasteiger partial charge in [-0.1, -0.05) is 45.8 Å². The van der Waals surface area contributed by atoms with Crippen molar-refractivity contribution < 1.29 is 14.7 Å². The lowest BCUT2D eigenvalue weighted by molar-refractivity contribution is -0.132. The molecule has 1 atom stereocenters. The van der Waals surface area contributed by atoms with Crippen molar-refractivity contribution in [2.75, 3.05) is 5.01 Å². The largest absolute Gasteiger partial charge is 0.478 e. The van der Waals surface area contributed by atoms with Gasteiger partial charge in [-0.2, -0.15) is 5.10 Å². The molecule has 2 aromatic carbocycles. The first-order valence-corrected chi connectivity index (χ1v) is 9.29. The zero-order valence-electron chi connectivity index (χ0n) is 15.0. The van der Waals surface area contributed by atoms with Gasteiger partial charge in [-0.3, -0.25) is 4.79 Å². The number of rotatable bonds is 5. The van der Waals surface area contributed by atoms with Gasteiger partial charge in [0.25, 0.3) is 5.91 Å². The summed E-state index contributed by atoms with van der Waals surface area (Å²) >= 11 is 3.36. The normalized spacial score (nSPS) is 17.2. The summed E-state index contributed by atoms with van der Waals surface area (Å²) in [6, 6.07) is 14.8. The number of halogens is 1. The second-order valence-electron chi connectivity index (χ2n) is 6.51.